The molecule has 8 nitrogen and oxygen atoms in total. The molecule has 1 aromatic heterocycles. The van der Waals surface area contributed by atoms with Crippen LogP contribution in [0.25, 0.3) is 0 Å². The molecule has 39 heavy (non-hydrogen) atoms. The predicted octanol–water partition coefficient (Wildman–Crippen LogP) is 4.52. The van der Waals surface area contributed by atoms with Crippen molar-refractivity contribution in [1.82, 2.24) is 9.62 Å². The lowest BCUT2D eigenvalue weighted by molar-refractivity contribution is -0.124. The number of nitrogens with zero attached hydrogens (tertiary/aromatic N) is 1. The number of sulfonamides is 1. The molecule has 1 N–H and O–H groups in total. The Balaban J connectivity index is 1.70. The first-order valence-corrected chi connectivity index (χ1v) is 14.8. The first-order valence-electron chi connectivity index (χ1n) is 12.4. The number of rotatable bonds is 11. The number of amides is 1. The van der Waals surface area contributed by atoms with Crippen LogP contribution in [-0.2, 0) is 27.8 Å². The van der Waals surface area contributed by atoms with E-state index in [0.29, 0.717) is 61.3 Å². The molecule has 1 fully saturated rings. The van der Waals surface area contributed by atoms with Crippen LogP contribution in [0.15, 0.2) is 52.1 Å². The van der Waals surface area contributed by atoms with Crippen LogP contribution >= 0.6 is 11.3 Å². The van der Waals surface area contributed by atoms with Gasteiger partial charge in [-0.05, 0) is 71.5 Å². The minimum atomic E-state index is -4.57. The van der Waals surface area contributed by atoms with E-state index in [1.807, 2.05) is 16.8 Å². The normalized spacial score (nSPS) is 16.0. The summed E-state index contributed by atoms with van der Waals surface area (Å²) < 4.78 is 73.8. The molecule has 0 saturated carbocycles. The molecule has 0 spiro atoms. The molecule has 1 aliphatic rings. The summed E-state index contributed by atoms with van der Waals surface area (Å²) in [4.78, 5) is 12.2. The van der Waals surface area contributed by atoms with Crippen molar-refractivity contribution < 1.29 is 36.2 Å². The standard InChI is InChI=1S/C27H30F2N2O6S2/c1-35-23-13-19(14-24(36-2)26(23)37-11-8-18-9-12-38-17-18)16-31(22-5-3-4-10-30-27(22)32)39(33,34)25-7-6-20(28)15-21(25)29/h6-7,9,12-15,17,22H,3-5,8,10-11,16H2,1-2H3,(H,30,32)/t22-/m0/s1. The van der Waals surface area contributed by atoms with E-state index < -0.39 is 38.5 Å². The second-order valence-corrected chi connectivity index (χ2v) is 11.6. The number of halogens is 2. The van der Waals surface area contributed by atoms with Crippen LogP contribution in [-0.4, -0.2) is 52.0 Å². The van der Waals surface area contributed by atoms with Gasteiger partial charge in [-0.2, -0.15) is 15.6 Å². The third-order valence-electron chi connectivity index (χ3n) is 6.41. The van der Waals surface area contributed by atoms with Gasteiger partial charge in [-0.25, -0.2) is 17.2 Å². The van der Waals surface area contributed by atoms with E-state index in [-0.39, 0.29) is 13.0 Å². The van der Waals surface area contributed by atoms with Crippen molar-refractivity contribution in [1.29, 1.82) is 0 Å². The van der Waals surface area contributed by atoms with Gasteiger partial charge in [-0.15, -0.1) is 0 Å². The predicted molar refractivity (Wildman–Crippen MR) is 143 cm³/mol. The highest BCUT2D eigenvalue weighted by molar-refractivity contribution is 7.89. The minimum Gasteiger partial charge on any atom is -0.493 e. The fraction of sp³-hybridized carbons (Fsp3) is 0.370. The van der Waals surface area contributed by atoms with Crippen LogP contribution in [0.2, 0.25) is 0 Å². The van der Waals surface area contributed by atoms with Gasteiger partial charge >= 0.3 is 0 Å². The van der Waals surface area contributed by atoms with Crippen molar-refractivity contribution in [3.05, 3.63) is 69.9 Å². The SMILES string of the molecule is COc1cc(CN([C@H]2CCCCNC2=O)S(=O)(=O)c2ccc(F)cc2F)cc(OC)c1OCCc1ccsc1. The van der Waals surface area contributed by atoms with Crippen molar-refractivity contribution in [3.63, 3.8) is 0 Å². The van der Waals surface area contributed by atoms with Crippen LogP contribution in [0.3, 0.4) is 0 Å². The van der Waals surface area contributed by atoms with Crippen LogP contribution in [0.4, 0.5) is 8.78 Å². The molecule has 210 valence electrons. The van der Waals surface area contributed by atoms with Crippen LogP contribution in [0.1, 0.15) is 30.4 Å². The Hall–Kier alpha value is -3.22. The largest absolute Gasteiger partial charge is 0.493 e. The summed E-state index contributed by atoms with van der Waals surface area (Å²) >= 11 is 1.59. The number of carbonyl (C=O) groups excluding carboxylic acids is 1. The van der Waals surface area contributed by atoms with Gasteiger partial charge in [0, 0.05) is 25.6 Å². The van der Waals surface area contributed by atoms with E-state index in [0.717, 1.165) is 22.0 Å². The van der Waals surface area contributed by atoms with E-state index in [1.165, 1.54) is 14.2 Å². The molecule has 0 aliphatic carbocycles. The summed E-state index contributed by atoms with van der Waals surface area (Å²) in [5.74, 6) is -1.65. The molecule has 1 amide bonds. The van der Waals surface area contributed by atoms with Gasteiger partial charge in [0.25, 0.3) is 0 Å². The van der Waals surface area contributed by atoms with Gasteiger partial charge in [0.1, 0.15) is 22.6 Å². The Morgan fingerprint density at radius 3 is 2.44 bits per heavy atom. The number of hydrogen-bond donors (Lipinski definition) is 1. The summed E-state index contributed by atoms with van der Waals surface area (Å²) in [5.41, 5.74) is 1.56. The van der Waals surface area contributed by atoms with E-state index in [4.69, 9.17) is 14.2 Å². The fourth-order valence-corrected chi connectivity index (χ4v) is 6.78. The van der Waals surface area contributed by atoms with Gasteiger partial charge < -0.3 is 19.5 Å². The number of carbonyl (C=O) groups is 1. The third-order valence-corrected chi connectivity index (χ3v) is 9.03. The third kappa shape index (κ3) is 6.68. The molecule has 0 bridgehead atoms. The molecular formula is C27H30F2N2O6S2. The van der Waals surface area contributed by atoms with Crippen molar-refractivity contribution in [3.8, 4) is 17.2 Å². The lowest BCUT2D eigenvalue weighted by atomic mass is 10.1. The summed E-state index contributed by atoms with van der Waals surface area (Å²) in [5, 5.41) is 6.74. The molecule has 1 saturated heterocycles. The molecule has 3 aromatic rings. The van der Waals surface area contributed by atoms with Gasteiger partial charge in [-0.1, -0.05) is 0 Å². The lowest BCUT2D eigenvalue weighted by Crippen LogP contribution is -2.48. The molecule has 1 aliphatic heterocycles. The zero-order chi connectivity index (χ0) is 28.0. The first-order chi connectivity index (χ1) is 18.7. The van der Waals surface area contributed by atoms with Crippen molar-refractivity contribution >= 4 is 27.3 Å². The fourth-order valence-electron chi connectivity index (χ4n) is 4.42. The topological polar surface area (TPSA) is 94.2 Å². The van der Waals surface area contributed by atoms with Gasteiger partial charge in [-0.3, -0.25) is 4.79 Å². The van der Waals surface area contributed by atoms with Gasteiger partial charge in [0.15, 0.2) is 11.5 Å². The molecule has 12 heteroatoms. The molecule has 2 heterocycles. The highest BCUT2D eigenvalue weighted by atomic mass is 32.2. The van der Waals surface area contributed by atoms with Crippen LogP contribution < -0.4 is 19.5 Å². The monoisotopic (exact) mass is 580 g/mol. The molecule has 2 aromatic carbocycles. The van der Waals surface area contributed by atoms with E-state index in [9.17, 15) is 22.0 Å². The smallest absolute Gasteiger partial charge is 0.247 e. The number of thiophene rings is 1. The maximum atomic E-state index is 14.7. The Morgan fingerprint density at radius 2 is 1.79 bits per heavy atom. The molecule has 0 unspecified atom stereocenters. The molecule has 1 atom stereocenters. The zero-order valence-corrected chi connectivity index (χ0v) is 23.2. The number of methoxy groups -OCH3 is 2. The van der Waals surface area contributed by atoms with Crippen molar-refractivity contribution in [2.75, 3.05) is 27.4 Å². The zero-order valence-electron chi connectivity index (χ0n) is 21.6. The molecular weight excluding hydrogens is 550 g/mol. The van der Waals surface area contributed by atoms with Crippen molar-refractivity contribution in [2.24, 2.45) is 0 Å². The Morgan fingerprint density at radius 1 is 1.05 bits per heavy atom. The van der Waals surface area contributed by atoms with Crippen LogP contribution in [0, 0.1) is 11.6 Å². The second kappa shape index (κ2) is 12.8. The maximum absolute atomic E-state index is 14.7. The second-order valence-electron chi connectivity index (χ2n) is 8.99. The average Bonchev–Trinajstić information content (AvgIpc) is 3.34. The highest BCUT2D eigenvalue weighted by Crippen LogP contribution is 2.40. The van der Waals surface area contributed by atoms with E-state index >= 15 is 0 Å². The maximum Gasteiger partial charge on any atom is 0.247 e. The Kier molecular flexibility index (Phi) is 9.41. The number of hydrogen-bond acceptors (Lipinski definition) is 7. The summed E-state index contributed by atoms with van der Waals surface area (Å²) in [6.45, 7) is 0.474. The van der Waals surface area contributed by atoms with E-state index in [1.54, 1.807) is 23.5 Å². The van der Waals surface area contributed by atoms with Gasteiger partial charge in [0.05, 0.1) is 20.8 Å². The molecule has 4 rings (SSSR count). The van der Waals surface area contributed by atoms with Crippen molar-refractivity contribution in [2.45, 2.75) is 43.2 Å². The summed E-state index contributed by atoms with van der Waals surface area (Å²) in [7, 11) is -1.67. The van der Waals surface area contributed by atoms with E-state index in [2.05, 4.69) is 5.32 Å². The number of ether oxygens (including phenoxy) is 3. The number of nitrogens with one attached hydrogen (secondary N) is 1. The Bertz CT molecular complexity index is 1370. The summed E-state index contributed by atoms with van der Waals surface area (Å²) in [6.07, 6.45) is 2.18. The van der Waals surface area contributed by atoms with Gasteiger partial charge in [0.2, 0.25) is 21.7 Å². The summed E-state index contributed by atoms with van der Waals surface area (Å²) in [6, 6.07) is 6.35. The lowest BCUT2D eigenvalue weighted by Gasteiger charge is -2.29. The minimum absolute atomic E-state index is 0.242. The quantitative estimate of drug-likeness (QED) is 0.358. The molecule has 0 radical (unpaired) electrons. The average molecular weight is 581 g/mol. The van der Waals surface area contributed by atoms with Crippen LogP contribution in [0.5, 0.6) is 17.2 Å². The first kappa shape index (κ1) is 28.8. The highest BCUT2D eigenvalue weighted by Gasteiger charge is 2.38. The Labute approximate surface area is 230 Å². The number of benzene rings is 2.